The van der Waals surface area contributed by atoms with Crippen LogP contribution in [0.3, 0.4) is 0 Å². The number of nitrogens with zero attached hydrogens (tertiary/aromatic N) is 4. The summed E-state index contributed by atoms with van der Waals surface area (Å²) in [4.78, 5) is 42.0. The predicted molar refractivity (Wildman–Crippen MR) is 106 cm³/mol. The monoisotopic (exact) mass is 445 g/mol. The van der Waals surface area contributed by atoms with Gasteiger partial charge in [-0.3, -0.25) is 18.7 Å². The molecule has 0 aliphatic rings. The summed E-state index contributed by atoms with van der Waals surface area (Å²) >= 11 is 5.83. The van der Waals surface area contributed by atoms with E-state index < -0.39 is 28.8 Å². The molecule has 0 saturated heterocycles. The molecule has 2 heterocycles. The third-order valence-electron chi connectivity index (χ3n) is 3.96. The number of pyridine rings is 1. The summed E-state index contributed by atoms with van der Waals surface area (Å²) < 4.78 is 40.0. The van der Waals surface area contributed by atoms with Crippen LogP contribution in [0.25, 0.3) is 0 Å². The maximum atomic E-state index is 12.7. The number of allylic oxidation sites excluding steroid dienone is 1. The molecule has 2 aromatic heterocycles. The van der Waals surface area contributed by atoms with Crippen LogP contribution < -0.4 is 16.6 Å². The van der Waals surface area contributed by atoms with Crippen molar-refractivity contribution in [3.63, 3.8) is 0 Å². The highest BCUT2D eigenvalue weighted by Gasteiger charge is 2.31. The number of ketones is 1. The second kappa shape index (κ2) is 9.16. The van der Waals surface area contributed by atoms with E-state index >= 15 is 0 Å². The molecule has 162 valence electrons. The molecule has 0 aliphatic carbocycles. The number of hydrogen-bond acceptors (Lipinski definition) is 6. The predicted octanol–water partition coefficient (Wildman–Crippen LogP) is 1.98. The molecule has 0 unspecified atom stereocenters. The quantitative estimate of drug-likeness (QED) is 0.518. The molecule has 0 fully saturated rings. The molecule has 0 aliphatic heterocycles. The third-order valence-corrected chi connectivity index (χ3v) is 4.24. The fraction of sp³-hybridized carbons (Fsp3) is 0.333. The standard InChI is InChI=1S/C18H19ClF3N5O3/c1-25(2)6-4-14(28)12-10-27(17(30)26(3)16(12)29)7-5-23-15-13(19)8-11(9-24-15)18(20,21)22/h4,6,8-10H,5,7H2,1-3H3,(H,23,24)/b6-4+. The van der Waals surface area contributed by atoms with E-state index in [-0.39, 0.29) is 29.5 Å². The second-order valence-electron chi connectivity index (χ2n) is 6.51. The Hall–Kier alpha value is -3.08. The van der Waals surface area contributed by atoms with Crippen molar-refractivity contribution in [2.75, 3.05) is 26.0 Å². The van der Waals surface area contributed by atoms with Gasteiger partial charge in [0.05, 0.1) is 10.6 Å². The first kappa shape index (κ1) is 23.2. The largest absolute Gasteiger partial charge is 0.417 e. The Kier molecular flexibility index (Phi) is 7.08. The van der Waals surface area contributed by atoms with E-state index in [2.05, 4.69) is 10.3 Å². The molecule has 0 atom stereocenters. The Labute approximate surface area is 174 Å². The first-order valence-electron chi connectivity index (χ1n) is 8.58. The lowest BCUT2D eigenvalue weighted by Gasteiger charge is -2.12. The highest BCUT2D eigenvalue weighted by atomic mass is 35.5. The maximum absolute atomic E-state index is 12.7. The maximum Gasteiger partial charge on any atom is 0.417 e. The first-order valence-corrected chi connectivity index (χ1v) is 8.95. The number of carbonyl (C=O) groups is 1. The fourth-order valence-corrected chi connectivity index (χ4v) is 2.61. The molecule has 8 nitrogen and oxygen atoms in total. The number of halogens is 4. The second-order valence-corrected chi connectivity index (χ2v) is 6.91. The summed E-state index contributed by atoms with van der Waals surface area (Å²) in [5.41, 5.74) is -2.56. The van der Waals surface area contributed by atoms with Gasteiger partial charge in [0.15, 0.2) is 5.78 Å². The third kappa shape index (κ3) is 5.50. The van der Waals surface area contributed by atoms with Crippen molar-refractivity contribution in [1.82, 2.24) is 19.0 Å². The molecule has 0 spiro atoms. The van der Waals surface area contributed by atoms with Gasteiger partial charge in [0.25, 0.3) is 5.56 Å². The molecular formula is C18H19ClF3N5O3. The first-order chi connectivity index (χ1) is 13.9. The van der Waals surface area contributed by atoms with Crippen LogP contribution in [-0.2, 0) is 19.8 Å². The minimum Gasteiger partial charge on any atom is -0.383 e. The van der Waals surface area contributed by atoms with Crippen LogP contribution in [0.15, 0.2) is 40.3 Å². The van der Waals surface area contributed by atoms with Gasteiger partial charge in [0, 0.05) is 58.9 Å². The van der Waals surface area contributed by atoms with E-state index in [9.17, 15) is 27.6 Å². The SMILES string of the molecule is CN(C)/C=C/C(=O)c1cn(CCNc2ncc(C(F)(F)F)cc2Cl)c(=O)n(C)c1=O. The van der Waals surface area contributed by atoms with Gasteiger partial charge < -0.3 is 10.2 Å². The van der Waals surface area contributed by atoms with Crippen molar-refractivity contribution >= 4 is 23.2 Å². The molecule has 0 aromatic carbocycles. The molecular weight excluding hydrogens is 427 g/mol. The summed E-state index contributed by atoms with van der Waals surface area (Å²) in [6.45, 7) is 0.0566. The van der Waals surface area contributed by atoms with Crippen LogP contribution in [0.4, 0.5) is 19.0 Å². The molecule has 0 bridgehead atoms. The van der Waals surface area contributed by atoms with E-state index in [1.165, 1.54) is 19.3 Å². The van der Waals surface area contributed by atoms with Crippen molar-refractivity contribution in [1.29, 1.82) is 0 Å². The highest BCUT2D eigenvalue weighted by Crippen LogP contribution is 2.32. The molecule has 2 aromatic rings. The average Bonchev–Trinajstić information content (AvgIpc) is 2.66. The normalized spacial score (nSPS) is 11.7. The van der Waals surface area contributed by atoms with Gasteiger partial charge in [-0.1, -0.05) is 11.6 Å². The lowest BCUT2D eigenvalue weighted by molar-refractivity contribution is -0.137. The van der Waals surface area contributed by atoms with Crippen LogP contribution in [0.2, 0.25) is 5.02 Å². The number of anilines is 1. The Morgan fingerprint density at radius 3 is 2.57 bits per heavy atom. The minimum atomic E-state index is -4.57. The number of nitrogens with one attached hydrogen (secondary N) is 1. The number of carbonyl (C=O) groups excluding carboxylic acids is 1. The van der Waals surface area contributed by atoms with Crippen LogP contribution in [0, 0.1) is 0 Å². The van der Waals surface area contributed by atoms with Crippen LogP contribution >= 0.6 is 11.6 Å². The van der Waals surface area contributed by atoms with Crippen molar-refractivity contribution in [3.05, 3.63) is 67.7 Å². The van der Waals surface area contributed by atoms with Gasteiger partial charge in [-0.25, -0.2) is 9.78 Å². The summed E-state index contributed by atoms with van der Waals surface area (Å²) in [7, 11) is 4.65. The van der Waals surface area contributed by atoms with E-state index in [4.69, 9.17) is 11.6 Å². The molecule has 2 rings (SSSR count). The van der Waals surface area contributed by atoms with Gasteiger partial charge in [-0.15, -0.1) is 0 Å². The number of rotatable bonds is 7. The molecule has 0 radical (unpaired) electrons. The van der Waals surface area contributed by atoms with Gasteiger partial charge >= 0.3 is 11.9 Å². The van der Waals surface area contributed by atoms with Gasteiger partial charge in [0.1, 0.15) is 11.4 Å². The van der Waals surface area contributed by atoms with E-state index in [1.54, 1.807) is 19.0 Å². The van der Waals surface area contributed by atoms with Gasteiger partial charge in [-0.05, 0) is 6.07 Å². The topological polar surface area (TPSA) is 89.2 Å². The smallest absolute Gasteiger partial charge is 0.383 e. The van der Waals surface area contributed by atoms with Gasteiger partial charge in [0.2, 0.25) is 0 Å². The average molecular weight is 446 g/mol. The lowest BCUT2D eigenvalue weighted by Crippen LogP contribution is -2.41. The Balaban J connectivity index is 2.20. The molecule has 1 N–H and O–H groups in total. The van der Waals surface area contributed by atoms with Crippen LogP contribution in [0.5, 0.6) is 0 Å². The van der Waals surface area contributed by atoms with Crippen molar-refractivity contribution in [2.45, 2.75) is 12.7 Å². The van der Waals surface area contributed by atoms with E-state index in [0.29, 0.717) is 6.20 Å². The molecule has 12 heteroatoms. The Morgan fingerprint density at radius 2 is 2.00 bits per heavy atom. The van der Waals surface area contributed by atoms with Crippen molar-refractivity contribution in [3.8, 4) is 0 Å². The lowest BCUT2D eigenvalue weighted by atomic mass is 10.2. The van der Waals surface area contributed by atoms with Crippen molar-refractivity contribution < 1.29 is 18.0 Å². The zero-order valence-electron chi connectivity index (χ0n) is 16.3. The molecule has 0 amide bonds. The zero-order valence-corrected chi connectivity index (χ0v) is 17.1. The summed E-state index contributed by atoms with van der Waals surface area (Å²) in [6, 6.07) is 0.739. The fourth-order valence-electron chi connectivity index (χ4n) is 2.38. The summed E-state index contributed by atoms with van der Waals surface area (Å²) in [5, 5.41) is 2.49. The van der Waals surface area contributed by atoms with Crippen LogP contribution in [-0.4, -0.2) is 45.4 Å². The summed E-state index contributed by atoms with van der Waals surface area (Å²) in [6.07, 6.45) is -0.106. The number of alkyl halides is 3. The number of aromatic nitrogens is 3. The van der Waals surface area contributed by atoms with Gasteiger partial charge in [-0.2, -0.15) is 13.2 Å². The molecule has 30 heavy (non-hydrogen) atoms. The number of hydrogen-bond donors (Lipinski definition) is 1. The molecule has 0 saturated carbocycles. The summed E-state index contributed by atoms with van der Waals surface area (Å²) in [5.74, 6) is -0.564. The van der Waals surface area contributed by atoms with Crippen LogP contribution in [0.1, 0.15) is 15.9 Å². The van der Waals surface area contributed by atoms with E-state index in [0.717, 1.165) is 21.4 Å². The highest BCUT2D eigenvalue weighted by molar-refractivity contribution is 6.32. The Morgan fingerprint density at radius 1 is 1.33 bits per heavy atom. The van der Waals surface area contributed by atoms with Crippen molar-refractivity contribution in [2.24, 2.45) is 7.05 Å². The minimum absolute atomic E-state index is 0.00363. The van der Waals surface area contributed by atoms with E-state index in [1.807, 2.05) is 0 Å². The Bertz CT molecular complexity index is 1090. The zero-order chi connectivity index (χ0) is 22.6.